The maximum Gasteiger partial charge on any atom is 0.438 e. The summed E-state index contributed by atoms with van der Waals surface area (Å²) < 4.78 is 9.74. The number of H-pyrrole nitrogens is 1. The summed E-state index contributed by atoms with van der Waals surface area (Å²) in [6.45, 7) is 1.57. The van der Waals surface area contributed by atoms with Gasteiger partial charge in [0.1, 0.15) is 10.8 Å². The van der Waals surface area contributed by atoms with Crippen LogP contribution in [0, 0.1) is 0 Å². The van der Waals surface area contributed by atoms with Gasteiger partial charge in [-0.2, -0.15) is 0 Å². The first-order valence-electron chi connectivity index (χ1n) is 5.90. The molecule has 0 bridgehead atoms. The van der Waals surface area contributed by atoms with Crippen LogP contribution < -0.4 is 15.8 Å². The second kappa shape index (κ2) is 6.64. The third-order valence-electron chi connectivity index (χ3n) is 2.50. The van der Waals surface area contributed by atoms with Gasteiger partial charge in [0, 0.05) is 0 Å². The monoisotopic (exact) mass is 331 g/mol. The fraction of sp³-hybridized carbons (Fsp3) is 0.250. The minimum absolute atomic E-state index is 0.0154. The molecule has 0 spiro atoms. The number of aromatic amines is 1. The third kappa shape index (κ3) is 3.99. The molecule has 0 aliphatic carbocycles. The highest BCUT2D eigenvalue weighted by Crippen LogP contribution is 2.32. The van der Waals surface area contributed by atoms with Crippen LogP contribution in [0.5, 0.6) is 5.75 Å². The van der Waals surface area contributed by atoms with Crippen LogP contribution in [0.2, 0.25) is 10.0 Å². The lowest BCUT2D eigenvalue weighted by Gasteiger charge is -2.15. The van der Waals surface area contributed by atoms with Crippen molar-refractivity contribution in [1.29, 1.82) is 0 Å². The number of nitrogens with one attached hydrogen (secondary N) is 2. The van der Waals surface area contributed by atoms with Gasteiger partial charge in [-0.25, -0.2) is 4.79 Å². The highest BCUT2D eigenvalue weighted by Gasteiger charge is 2.17. The number of amides is 1. The van der Waals surface area contributed by atoms with Gasteiger partial charge in [0.15, 0.2) is 11.9 Å². The molecule has 0 unspecified atom stereocenters. The van der Waals surface area contributed by atoms with E-state index in [9.17, 15) is 9.59 Å². The van der Waals surface area contributed by atoms with Crippen LogP contribution in [-0.4, -0.2) is 22.2 Å². The Hall–Kier alpha value is -1.99. The van der Waals surface area contributed by atoms with Gasteiger partial charge in [-0.1, -0.05) is 34.4 Å². The normalized spacial score (nSPS) is 12.0. The topological polar surface area (TPSA) is 97.2 Å². The molecule has 9 heteroatoms. The van der Waals surface area contributed by atoms with E-state index in [1.165, 1.54) is 0 Å². The van der Waals surface area contributed by atoms with Gasteiger partial charge in [-0.3, -0.25) is 14.3 Å². The number of benzene rings is 1. The second-order valence-electron chi connectivity index (χ2n) is 4.07. The maximum atomic E-state index is 11.9. The lowest BCUT2D eigenvalue weighted by molar-refractivity contribution is -0.127. The molecule has 1 aromatic heterocycles. The summed E-state index contributed by atoms with van der Waals surface area (Å²) in [6.07, 6.45) is -0.806. The van der Waals surface area contributed by atoms with Crippen LogP contribution >= 0.6 is 23.2 Å². The molecule has 2 aromatic rings. The van der Waals surface area contributed by atoms with Crippen LogP contribution in [0.25, 0.3) is 0 Å². The van der Waals surface area contributed by atoms with E-state index >= 15 is 0 Å². The molecular weight excluding hydrogens is 321 g/mol. The molecule has 0 radical (unpaired) electrons. The molecule has 0 fully saturated rings. The van der Waals surface area contributed by atoms with E-state index in [-0.39, 0.29) is 17.4 Å². The van der Waals surface area contributed by atoms with E-state index in [2.05, 4.69) is 20.0 Å². The van der Waals surface area contributed by atoms with Gasteiger partial charge in [-0.05, 0) is 19.1 Å². The first-order chi connectivity index (χ1) is 9.97. The van der Waals surface area contributed by atoms with Crippen molar-refractivity contribution in [3.05, 3.63) is 44.6 Å². The van der Waals surface area contributed by atoms with Gasteiger partial charge >= 0.3 is 5.76 Å². The largest absolute Gasteiger partial charge is 0.479 e. The standard InChI is InChI=1S/C12H11Cl2N3O4/c1-6(20-8-4-2-3-7(13)10(8)14)11(18)15-5-9-16-12(19)21-17-9/h2-4,6H,5H2,1H3,(H,15,18)(H,16,17,19)/t6-/m0/s1. The first kappa shape index (κ1) is 15.4. The molecule has 1 aromatic carbocycles. The summed E-state index contributed by atoms with van der Waals surface area (Å²) >= 11 is 11.8. The van der Waals surface area contributed by atoms with Crippen molar-refractivity contribution in [3.8, 4) is 5.75 Å². The van der Waals surface area contributed by atoms with E-state index < -0.39 is 17.8 Å². The van der Waals surface area contributed by atoms with Gasteiger partial charge < -0.3 is 10.1 Å². The number of carbonyl (C=O) groups is 1. The van der Waals surface area contributed by atoms with Crippen molar-refractivity contribution in [2.75, 3.05) is 0 Å². The fourth-order valence-electron chi connectivity index (χ4n) is 1.47. The average Bonchev–Trinajstić information content (AvgIpc) is 2.87. The van der Waals surface area contributed by atoms with Gasteiger partial charge in [0.05, 0.1) is 11.6 Å². The Labute approximate surface area is 129 Å². The van der Waals surface area contributed by atoms with E-state index in [0.29, 0.717) is 10.8 Å². The van der Waals surface area contributed by atoms with Crippen molar-refractivity contribution < 1.29 is 14.1 Å². The first-order valence-corrected chi connectivity index (χ1v) is 6.66. The predicted octanol–water partition coefficient (Wildman–Crippen LogP) is 1.75. The Morgan fingerprint density at radius 1 is 1.52 bits per heavy atom. The number of hydrogen-bond donors (Lipinski definition) is 2. The molecule has 1 amide bonds. The number of ether oxygens (including phenoxy) is 1. The molecule has 0 aliphatic rings. The number of halogens is 2. The quantitative estimate of drug-likeness (QED) is 0.869. The number of aromatic nitrogens is 2. The highest BCUT2D eigenvalue weighted by atomic mass is 35.5. The molecule has 2 rings (SSSR count). The smallest absolute Gasteiger partial charge is 0.438 e. The lowest BCUT2D eigenvalue weighted by Crippen LogP contribution is -2.36. The molecule has 0 saturated carbocycles. The van der Waals surface area contributed by atoms with E-state index in [0.717, 1.165) is 0 Å². The van der Waals surface area contributed by atoms with Crippen LogP contribution in [0.3, 0.4) is 0 Å². The summed E-state index contributed by atoms with van der Waals surface area (Å²) in [6, 6.07) is 4.88. The number of rotatable bonds is 5. The molecular formula is C12H11Cl2N3O4. The summed E-state index contributed by atoms with van der Waals surface area (Å²) in [7, 11) is 0. The fourth-order valence-corrected chi connectivity index (χ4v) is 1.81. The van der Waals surface area contributed by atoms with Crippen molar-refractivity contribution in [2.45, 2.75) is 19.6 Å². The molecule has 1 heterocycles. The van der Waals surface area contributed by atoms with Gasteiger partial charge in [-0.15, -0.1) is 0 Å². The van der Waals surface area contributed by atoms with E-state index in [1.807, 2.05) is 0 Å². The minimum Gasteiger partial charge on any atom is -0.479 e. The number of carbonyl (C=O) groups excluding carboxylic acids is 1. The van der Waals surface area contributed by atoms with Crippen molar-refractivity contribution in [3.63, 3.8) is 0 Å². The zero-order valence-electron chi connectivity index (χ0n) is 10.9. The number of hydrogen-bond acceptors (Lipinski definition) is 5. The summed E-state index contributed by atoms with van der Waals surface area (Å²) in [5, 5.41) is 6.52. The molecule has 0 saturated heterocycles. The SMILES string of the molecule is C[C@H](Oc1cccc(Cl)c1Cl)C(=O)NCc1noc(=O)[nH]1. The Morgan fingerprint density at radius 3 is 2.95 bits per heavy atom. The zero-order valence-corrected chi connectivity index (χ0v) is 12.4. The Bertz CT molecular complexity index is 698. The third-order valence-corrected chi connectivity index (χ3v) is 3.31. The van der Waals surface area contributed by atoms with Crippen LogP contribution in [0.1, 0.15) is 12.7 Å². The van der Waals surface area contributed by atoms with Gasteiger partial charge in [0.25, 0.3) is 5.91 Å². The van der Waals surface area contributed by atoms with Crippen LogP contribution in [0.15, 0.2) is 27.5 Å². The summed E-state index contributed by atoms with van der Waals surface area (Å²) in [5.74, 6) is -0.577. The Balaban J connectivity index is 1.93. The summed E-state index contributed by atoms with van der Waals surface area (Å²) in [4.78, 5) is 24.9. The maximum absolute atomic E-state index is 11.9. The molecule has 2 N–H and O–H groups in total. The van der Waals surface area contributed by atoms with Crippen molar-refractivity contribution >= 4 is 29.1 Å². The molecule has 112 valence electrons. The predicted molar refractivity (Wildman–Crippen MR) is 75.5 cm³/mol. The van der Waals surface area contributed by atoms with Crippen molar-refractivity contribution in [2.24, 2.45) is 0 Å². The van der Waals surface area contributed by atoms with E-state index in [1.54, 1.807) is 25.1 Å². The van der Waals surface area contributed by atoms with Crippen LogP contribution in [-0.2, 0) is 11.3 Å². The van der Waals surface area contributed by atoms with Gasteiger partial charge in [0.2, 0.25) is 0 Å². The molecule has 0 aliphatic heterocycles. The molecule has 1 atom stereocenters. The minimum atomic E-state index is -0.806. The zero-order chi connectivity index (χ0) is 15.4. The lowest BCUT2D eigenvalue weighted by atomic mass is 10.3. The van der Waals surface area contributed by atoms with E-state index in [4.69, 9.17) is 27.9 Å². The van der Waals surface area contributed by atoms with Crippen LogP contribution in [0.4, 0.5) is 0 Å². The Morgan fingerprint density at radius 2 is 2.29 bits per heavy atom. The molecule has 7 nitrogen and oxygen atoms in total. The highest BCUT2D eigenvalue weighted by molar-refractivity contribution is 6.42. The second-order valence-corrected chi connectivity index (χ2v) is 4.86. The summed E-state index contributed by atoms with van der Waals surface area (Å²) in [5.41, 5.74) is 0. The number of nitrogens with zero attached hydrogens (tertiary/aromatic N) is 1. The molecule has 21 heavy (non-hydrogen) atoms. The Kier molecular flexibility index (Phi) is 4.87. The average molecular weight is 332 g/mol. The van der Waals surface area contributed by atoms with Crippen molar-refractivity contribution in [1.82, 2.24) is 15.5 Å².